The summed E-state index contributed by atoms with van der Waals surface area (Å²) in [6.07, 6.45) is 0.169. The topological polar surface area (TPSA) is 77.7 Å². The fourth-order valence-electron chi connectivity index (χ4n) is 5.59. The van der Waals surface area contributed by atoms with Gasteiger partial charge in [-0.25, -0.2) is 0 Å². The van der Waals surface area contributed by atoms with Crippen LogP contribution in [-0.4, -0.2) is 60.3 Å². The second kappa shape index (κ2) is 12.0. The second-order valence-electron chi connectivity index (χ2n) is 10.8. The summed E-state index contributed by atoms with van der Waals surface area (Å²) in [5, 5.41) is 2.91. The predicted molar refractivity (Wildman–Crippen MR) is 146 cm³/mol. The zero-order valence-corrected chi connectivity index (χ0v) is 23.2. The number of hydrogen-bond acceptors (Lipinski definition) is 5. The Morgan fingerprint density at radius 1 is 1.13 bits per heavy atom. The highest BCUT2D eigenvalue weighted by Crippen LogP contribution is 2.35. The second-order valence-corrected chi connectivity index (χ2v) is 10.8. The molecule has 7 nitrogen and oxygen atoms in total. The van der Waals surface area contributed by atoms with Crippen molar-refractivity contribution in [2.75, 3.05) is 31.1 Å². The Morgan fingerprint density at radius 3 is 2.38 bits per heavy atom. The number of piperidine rings is 1. The van der Waals surface area contributed by atoms with Crippen LogP contribution in [0.2, 0.25) is 0 Å². The Bertz CT molecular complexity index is 1230. The van der Waals surface area contributed by atoms with E-state index in [1.807, 2.05) is 39.8 Å². The lowest BCUT2D eigenvalue weighted by Crippen LogP contribution is -2.47. The van der Waals surface area contributed by atoms with Gasteiger partial charge in [-0.3, -0.25) is 14.5 Å². The van der Waals surface area contributed by atoms with Crippen LogP contribution < -0.4 is 20.5 Å². The first-order valence-corrected chi connectivity index (χ1v) is 13.8. The van der Waals surface area contributed by atoms with Crippen molar-refractivity contribution in [1.29, 1.82) is 0 Å². The number of likely N-dealkylation sites (tertiary alicyclic amines) is 1. The molecule has 1 aromatic heterocycles. The van der Waals surface area contributed by atoms with Gasteiger partial charge in [-0.05, 0) is 83.1 Å². The number of benzene rings is 1. The third kappa shape index (κ3) is 7.15. The molecule has 0 bridgehead atoms. The molecule has 4 rings (SSSR count). The summed E-state index contributed by atoms with van der Waals surface area (Å²) in [6, 6.07) is 5.66. The number of carbonyl (C=O) groups excluding carboxylic acids is 1. The Kier molecular flexibility index (Phi) is 8.93. The van der Waals surface area contributed by atoms with E-state index in [1.54, 1.807) is 6.07 Å². The van der Waals surface area contributed by atoms with Crippen LogP contribution >= 0.6 is 0 Å². The average Bonchev–Trinajstić information content (AvgIpc) is 2.82. The van der Waals surface area contributed by atoms with Crippen molar-refractivity contribution in [3.63, 3.8) is 0 Å². The first-order valence-electron chi connectivity index (χ1n) is 13.8. The number of H-pyrrole nitrogens is 1. The summed E-state index contributed by atoms with van der Waals surface area (Å²) in [4.78, 5) is 32.3. The first kappa shape index (κ1) is 29.0. The molecule has 2 fully saturated rings. The third-order valence-corrected chi connectivity index (χ3v) is 7.92. The van der Waals surface area contributed by atoms with Gasteiger partial charge < -0.3 is 19.9 Å². The van der Waals surface area contributed by atoms with E-state index in [4.69, 9.17) is 4.74 Å². The van der Waals surface area contributed by atoms with Gasteiger partial charge in [-0.15, -0.1) is 0 Å². The lowest BCUT2D eigenvalue weighted by atomic mass is 9.95. The SMILES string of the molecule is CCN(c1cc(OC2CCC2)cc(C(=O)NCc2c(C)cc(C)[nH]c2=O)c1C)C1CCN(CC(F)(F)F)CC1. The fraction of sp³-hybridized carbons (Fsp3) is 0.586. The molecule has 1 amide bonds. The highest BCUT2D eigenvalue weighted by molar-refractivity contribution is 5.97. The Hall–Kier alpha value is -3.01. The molecule has 0 atom stereocenters. The minimum absolute atomic E-state index is 0.0572. The number of nitrogens with zero attached hydrogens (tertiary/aromatic N) is 2. The van der Waals surface area contributed by atoms with Crippen LogP contribution in [0.25, 0.3) is 0 Å². The first-order chi connectivity index (χ1) is 18.4. The quantitative estimate of drug-likeness (QED) is 0.461. The van der Waals surface area contributed by atoms with Crippen LogP contribution in [0.4, 0.5) is 18.9 Å². The maximum atomic E-state index is 13.5. The highest BCUT2D eigenvalue weighted by atomic mass is 19.4. The number of nitrogens with one attached hydrogen (secondary N) is 2. The van der Waals surface area contributed by atoms with E-state index in [0.717, 1.165) is 41.8 Å². The molecule has 1 saturated heterocycles. The third-order valence-electron chi connectivity index (χ3n) is 7.92. The van der Waals surface area contributed by atoms with Crippen molar-refractivity contribution >= 4 is 11.6 Å². The molecule has 214 valence electrons. The largest absolute Gasteiger partial charge is 0.490 e. The zero-order chi connectivity index (χ0) is 28.3. The van der Waals surface area contributed by atoms with E-state index in [1.165, 1.54) is 4.90 Å². The van der Waals surface area contributed by atoms with E-state index in [9.17, 15) is 22.8 Å². The monoisotopic (exact) mass is 548 g/mol. The summed E-state index contributed by atoms with van der Waals surface area (Å²) >= 11 is 0. The van der Waals surface area contributed by atoms with Crippen molar-refractivity contribution in [2.24, 2.45) is 0 Å². The number of anilines is 1. The van der Waals surface area contributed by atoms with Crippen LogP contribution in [0.15, 0.2) is 23.0 Å². The average molecular weight is 549 g/mol. The molecular formula is C29H39F3N4O3. The van der Waals surface area contributed by atoms with Crippen molar-refractivity contribution in [3.05, 3.63) is 56.5 Å². The number of alkyl halides is 3. The van der Waals surface area contributed by atoms with E-state index in [2.05, 4.69) is 15.2 Å². The predicted octanol–water partition coefficient (Wildman–Crippen LogP) is 5.01. The van der Waals surface area contributed by atoms with Crippen LogP contribution in [0.5, 0.6) is 5.75 Å². The van der Waals surface area contributed by atoms with E-state index < -0.39 is 12.7 Å². The summed E-state index contributed by atoms with van der Waals surface area (Å²) in [6.45, 7) is 8.17. The molecule has 2 heterocycles. The molecule has 2 aliphatic rings. The molecule has 10 heteroatoms. The minimum Gasteiger partial charge on any atom is -0.490 e. The number of carbonyl (C=O) groups is 1. The molecule has 2 N–H and O–H groups in total. The van der Waals surface area contributed by atoms with Gasteiger partial charge in [0.15, 0.2) is 0 Å². The number of hydrogen-bond donors (Lipinski definition) is 2. The molecule has 1 aromatic carbocycles. The number of aromatic nitrogens is 1. The van der Waals surface area contributed by atoms with Gasteiger partial charge in [0.05, 0.1) is 12.6 Å². The number of halogens is 3. The Morgan fingerprint density at radius 2 is 1.82 bits per heavy atom. The fourth-order valence-corrected chi connectivity index (χ4v) is 5.59. The van der Waals surface area contributed by atoms with Crippen molar-refractivity contribution in [2.45, 2.75) is 84.7 Å². The number of amides is 1. The Labute approximate surface area is 227 Å². The maximum Gasteiger partial charge on any atom is 0.401 e. The van der Waals surface area contributed by atoms with E-state index >= 15 is 0 Å². The van der Waals surface area contributed by atoms with Crippen LogP contribution in [-0.2, 0) is 6.54 Å². The molecule has 0 unspecified atom stereocenters. The van der Waals surface area contributed by atoms with Crippen molar-refractivity contribution < 1.29 is 22.7 Å². The molecule has 1 aliphatic heterocycles. The zero-order valence-electron chi connectivity index (χ0n) is 23.2. The minimum atomic E-state index is -4.20. The lowest BCUT2D eigenvalue weighted by molar-refractivity contribution is -0.147. The van der Waals surface area contributed by atoms with Gasteiger partial charge in [0.25, 0.3) is 11.5 Å². The molecule has 0 radical (unpaired) electrons. The number of pyridine rings is 1. The normalized spacial score (nSPS) is 17.1. The molecular weight excluding hydrogens is 509 g/mol. The Balaban J connectivity index is 1.57. The number of aromatic amines is 1. The summed E-state index contributed by atoms with van der Waals surface area (Å²) in [7, 11) is 0. The van der Waals surface area contributed by atoms with Gasteiger partial charge in [0, 0.05) is 60.8 Å². The molecule has 2 aromatic rings. The van der Waals surface area contributed by atoms with Crippen LogP contribution in [0.3, 0.4) is 0 Å². The van der Waals surface area contributed by atoms with Gasteiger partial charge in [-0.2, -0.15) is 13.2 Å². The highest BCUT2D eigenvalue weighted by Gasteiger charge is 2.34. The molecule has 39 heavy (non-hydrogen) atoms. The smallest absolute Gasteiger partial charge is 0.401 e. The maximum absolute atomic E-state index is 13.5. The molecule has 1 saturated carbocycles. The van der Waals surface area contributed by atoms with Crippen LogP contribution in [0, 0.1) is 20.8 Å². The summed E-state index contributed by atoms with van der Waals surface area (Å²) in [5.74, 6) is 0.311. The molecule has 1 aliphatic carbocycles. The van der Waals surface area contributed by atoms with Gasteiger partial charge in [0.1, 0.15) is 5.75 Å². The van der Waals surface area contributed by atoms with Crippen molar-refractivity contribution in [1.82, 2.24) is 15.2 Å². The molecule has 0 spiro atoms. The van der Waals surface area contributed by atoms with Crippen molar-refractivity contribution in [3.8, 4) is 5.75 Å². The standard InChI is InChI=1S/C29H39F3N4O3/c1-5-36(21-9-11-35(12-10-21)17-29(30,31)32)26-15-23(39-22-7-6-8-22)14-24(20(26)4)27(37)33-16-25-18(2)13-19(3)34-28(25)38/h13-15,21-22H,5-12,16-17H2,1-4H3,(H,33,37)(H,34,38). The summed E-state index contributed by atoms with van der Waals surface area (Å²) in [5.41, 5.74) is 3.97. The van der Waals surface area contributed by atoms with E-state index in [-0.39, 0.29) is 30.2 Å². The van der Waals surface area contributed by atoms with Gasteiger partial charge in [-0.1, -0.05) is 0 Å². The van der Waals surface area contributed by atoms with Gasteiger partial charge >= 0.3 is 6.18 Å². The number of aryl methyl sites for hydroxylation is 2. The van der Waals surface area contributed by atoms with E-state index in [0.29, 0.717) is 49.4 Å². The lowest BCUT2D eigenvalue weighted by Gasteiger charge is -2.40. The summed E-state index contributed by atoms with van der Waals surface area (Å²) < 4.78 is 44.9. The number of rotatable bonds is 9. The number of ether oxygens (including phenoxy) is 1. The van der Waals surface area contributed by atoms with Crippen LogP contribution in [0.1, 0.15) is 71.8 Å². The van der Waals surface area contributed by atoms with Gasteiger partial charge in [0.2, 0.25) is 0 Å².